The van der Waals surface area contributed by atoms with Gasteiger partial charge in [0.25, 0.3) is 0 Å². The topological polar surface area (TPSA) is 53.1 Å². The minimum absolute atomic E-state index is 0.0110. The third-order valence-electron chi connectivity index (χ3n) is 4.75. The number of nitrogens with zero attached hydrogens (tertiary/aromatic N) is 3. The molecule has 0 bridgehead atoms. The number of hydrogen-bond donors (Lipinski definition) is 0. The smallest absolute Gasteiger partial charge is 0.410 e. The van der Waals surface area contributed by atoms with E-state index in [4.69, 9.17) is 4.74 Å². The third-order valence-corrected chi connectivity index (χ3v) is 4.75. The number of rotatable bonds is 3. The summed E-state index contributed by atoms with van der Waals surface area (Å²) in [5, 5.41) is 0. The molecule has 2 saturated heterocycles. The van der Waals surface area contributed by atoms with Gasteiger partial charge in [-0.05, 0) is 58.9 Å². The van der Waals surface area contributed by atoms with Crippen LogP contribution in [0.2, 0.25) is 0 Å². The second-order valence-electron chi connectivity index (χ2n) is 8.32. The molecule has 2 fully saturated rings. The Kier molecular flexibility index (Phi) is 6.12. The number of likely N-dealkylation sites (tertiary alicyclic amines) is 2. The van der Waals surface area contributed by atoms with Crippen LogP contribution in [0.15, 0.2) is 0 Å². The van der Waals surface area contributed by atoms with Gasteiger partial charge in [0, 0.05) is 33.7 Å². The molecule has 6 heteroatoms. The molecule has 0 aliphatic carbocycles. The van der Waals surface area contributed by atoms with Crippen LogP contribution in [-0.2, 0) is 9.53 Å². The molecule has 24 heavy (non-hydrogen) atoms. The third kappa shape index (κ3) is 5.10. The van der Waals surface area contributed by atoms with E-state index in [-0.39, 0.29) is 18.0 Å². The zero-order chi connectivity index (χ0) is 17.9. The van der Waals surface area contributed by atoms with Crippen molar-refractivity contribution in [3.8, 4) is 0 Å². The van der Waals surface area contributed by atoms with E-state index < -0.39 is 5.60 Å². The molecular weight excluding hydrogens is 306 g/mol. The van der Waals surface area contributed by atoms with E-state index >= 15 is 0 Å². The van der Waals surface area contributed by atoms with Gasteiger partial charge in [0.05, 0.1) is 6.04 Å². The van der Waals surface area contributed by atoms with Gasteiger partial charge in [0.2, 0.25) is 5.91 Å². The molecule has 0 aromatic heterocycles. The molecule has 0 aromatic carbocycles. The lowest BCUT2D eigenvalue weighted by Crippen LogP contribution is -2.48. The summed E-state index contributed by atoms with van der Waals surface area (Å²) in [4.78, 5) is 30.4. The van der Waals surface area contributed by atoms with E-state index in [9.17, 15) is 9.59 Å². The Morgan fingerprint density at radius 3 is 2.42 bits per heavy atom. The summed E-state index contributed by atoms with van der Waals surface area (Å²) in [5.74, 6) is 0.620. The largest absolute Gasteiger partial charge is 0.444 e. The Balaban J connectivity index is 1.90. The number of amides is 2. The Labute approximate surface area is 146 Å². The van der Waals surface area contributed by atoms with E-state index in [0.29, 0.717) is 5.92 Å². The van der Waals surface area contributed by atoms with E-state index in [0.717, 1.165) is 51.9 Å². The quantitative estimate of drug-likeness (QED) is 0.791. The van der Waals surface area contributed by atoms with Gasteiger partial charge in [0.15, 0.2) is 0 Å². The summed E-state index contributed by atoms with van der Waals surface area (Å²) >= 11 is 0. The first-order chi connectivity index (χ1) is 11.2. The molecule has 2 amide bonds. The van der Waals surface area contributed by atoms with Crippen molar-refractivity contribution in [1.29, 1.82) is 0 Å². The van der Waals surface area contributed by atoms with Gasteiger partial charge < -0.3 is 14.5 Å². The van der Waals surface area contributed by atoms with Gasteiger partial charge >= 0.3 is 6.09 Å². The van der Waals surface area contributed by atoms with Crippen molar-refractivity contribution in [1.82, 2.24) is 14.7 Å². The Bertz CT molecular complexity index is 459. The average molecular weight is 339 g/mol. The van der Waals surface area contributed by atoms with Crippen LogP contribution >= 0.6 is 0 Å². The maximum absolute atomic E-state index is 12.3. The predicted octanol–water partition coefficient (Wildman–Crippen LogP) is 2.19. The van der Waals surface area contributed by atoms with Crippen LogP contribution in [0, 0.1) is 5.92 Å². The number of likely N-dealkylation sites (N-methyl/N-ethyl adjacent to an activating group) is 1. The lowest BCUT2D eigenvalue weighted by atomic mass is 9.97. The average Bonchev–Trinajstić information content (AvgIpc) is 2.93. The molecule has 0 unspecified atom stereocenters. The van der Waals surface area contributed by atoms with Crippen molar-refractivity contribution in [2.75, 3.05) is 40.3 Å². The van der Waals surface area contributed by atoms with Gasteiger partial charge in [-0.2, -0.15) is 0 Å². The molecule has 2 aliphatic rings. The summed E-state index contributed by atoms with van der Waals surface area (Å²) in [6.45, 7) is 9.06. The highest BCUT2D eigenvalue weighted by Gasteiger charge is 2.35. The number of ether oxygens (including phenoxy) is 1. The van der Waals surface area contributed by atoms with Gasteiger partial charge in [0.1, 0.15) is 5.60 Å². The standard InChI is InChI=1S/C18H33N3O3/c1-18(2,3)24-17(23)21-11-6-8-14(13-21)12-20-10-7-9-15(20)16(22)19(4)5/h14-15H,6-13H2,1-5H3/t14-,15-/m1/s1. The Morgan fingerprint density at radius 2 is 1.79 bits per heavy atom. The van der Waals surface area contributed by atoms with Crippen LogP contribution in [0.25, 0.3) is 0 Å². The Morgan fingerprint density at radius 1 is 1.12 bits per heavy atom. The number of piperidine rings is 1. The fourth-order valence-corrected chi connectivity index (χ4v) is 3.66. The van der Waals surface area contributed by atoms with Crippen LogP contribution < -0.4 is 0 Å². The summed E-state index contributed by atoms with van der Waals surface area (Å²) in [5.41, 5.74) is -0.456. The summed E-state index contributed by atoms with van der Waals surface area (Å²) < 4.78 is 5.50. The molecule has 0 radical (unpaired) electrons. The lowest BCUT2D eigenvalue weighted by molar-refractivity contribution is -0.133. The highest BCUT2D eigenvalue weighted by Crippen LogP contribution is 2.25. The highest BCUT2D eigenvalue weighted by atomic mass is 16.6. The molecule has 2 aliphatic heterocycles. The number of carbonyl (C=O) groups excluding carboxylic acids is 2. The number of carbonyl (C=O) groups is 2. The zero-order valence-electron chi connectivity index (χ0n) is 15.9. The van der Waals surface area contributed by atoms with E-state index in [2.05, 4.69) is 4.90 Å². The summed E-state index contributed by atoms with van der Waals surface area (Å²) in [6.07, 6.45) is 3.92. The van der Waals surface area contributed by atoms with Crippen molar-refractivity contribution in [3.63, 3.8) is 0 Å². The van der Waals surface area contributed by atoms with Crippen LogP contribution in [0.3, 0.4) is 0 Å². The van der Waals surface area contributed by atoms with Crippen molar-refractivity contribution >= 4 is 12.0 Å². The van der Waals surface area contributed by atoms with Gasteiger partial charge in [-0.3, -0.25) is 9.69 Å². The van der Waals surface area contributed by atoms with Crippen molar-refractivity contribution in [2.45, 2.75) is 58.1 Å². The van der Waals surface area contributed by atoms with Gasteiger partial charge in [-0.15, -0.1) is 0 Å². The first-order valence-electron chi connectivity index (χ1n) is 9.10. The monoisotopic (exact) mass is 339 g/mol. The normalized spacial score (nSPS) is 25.6. The van der Waals surface area contributed by atoms with Crippen LogP contribution in [-0.4, -0.2) is 78.6 Å². The SMILES string of the molecule is CN(C)C(=O)[C@H]1CCCN1C[C@H]1CCCN(C(=O)OC(C)(C)C)C1. The minimum atomic E-state index is -0.456. The summed E-state index contributed by atoms with van der Waals surface area (Å²) in [6, 6.07) is 0.0110. The predicted molar refractivity (Wildman–Crippen MR) is 93.8 cm³/mol. The fraction of sp³-hybridized carbons (Fsp3) is 0.889. The maximum Gasteiger partial charge on any atom is 0.410 e. The van der Waals surface area contributed by atoms with Crippen molar-refractivity contribution in [2.24, 2.45) is 5.92 Å². The molecule has 0 saturated carbocycles. The summed E-state index contributed by atoms with van der Waals surface area (Å²) in [7, 11) is 3.65. The molecule has 0 aromatic rings. The van der Waals surface area contributed by atoms with Crippen molar-refractivity contribution in [3.05, 3.63) is 0 Å². The van der Waals surface area contributed by atoms with E-state index in [1.807, 2.05) is 39.8 Å². The van der Waals surface area contributed by atoms with Crippen LogP contribution in [0.5, 0.6) is 0 Å². The molecule has 2 rings (SSSR count). The van der Waals surface area contributed by atoms with E-state index in [1.54, 1.807) is 4.90 Å². The van der Waals surface area contributed by atoms with Crippen LogP contribution in [0.4, 0.5) is 4.79 Å². The first-order valence-corrected chi connectivity index (χ1v) is 9.10. The Hall–Kier alpha value is -1.30. The molecule has 0 spiro atoms. The molecular formula is C18H33N3O3. The second-order valence-corrected chi connectivity index (χ2v) is 8.32. The fourth-order valence-electron chi connectivity index (χ4n) is 3.66. The maximum atomic E-state index is 12.3. The van der Waals surface area contributed by atoms with Gasteiger partial charge in [-0.1, -0.05) is 0 Å². The molecule has 6 nitrogen and oxygen atoms in total. The molecule has 0 N–H and O–H groups in total. The van der Waals surface area contributed by atoms with E-state index in [1.165, 1.54) is 0 Å². The highest BCUT2D eigenvalue weighted by molar-refractivity contribution is 5.81. The minimum Gasteiger partial charge on any atom is -0.444 e. The molecule has 2 heterocycles. The second kappa shape index (κ2) is 7.72. The first kappa shape index (κ1) is 19.0. The van der Waals surface area contributed by atoms with Crippen molar-refractivity contribution < 1.29 is 14.3 Å². The van der Waals surface area contributed by atoms with Crippen LogP contribution in [0.1, 0.15) is 46.5 Å². The molecule has 2 atom stereocenters. The van der Waals surface area contributed by atoms with Gasteiger partial charge in [-0.25, -0.2) is 4.79 Å². The lowest BCUT2D eigenvalue weighted by Gasteiger charge is -2.37. The number of hydrogen-bond acceptors (Lipinski definition) is 4. The molecule has 138 valence electrons. The zero-order valence-corrected chi connectivity index (χ0v) is 15.9.